The third-order valence-corrected chi connectivity index (χ3v) is 5.09. The van der Waals surface area contributed by atoms with Crippen molar-refractivity contribution in [3.63, 3.8) is 0 Å². The molecule has 23 heavy (non-hydrogen) atoms. The van der Waals surface area contributed by atoms with Crippen LogP contribution in [0.2, 0.25) is 0 Å². The number of guanidine groups is 1. The predicted octanol–water partition coefficient (Wildman–Crippen LogP) is 0.668. The molecule has 7 nitrogen and oxygen atoms in total. The molecular formula is C14H25N5O2S2. The van der Waals surface area contributed by atoms with Gasteiger partial charge < -0.3 is 10.6 Å². The molecule has 0 unspecified atom stereocenters. The van der Waals surface area contributed by atoms with Crippen molar-refractivity contribution in [3.8, 4) is 0 Å². The first kappa shape index (κ1) is 19.7. The fraction of sp³-hybridized carbons (Fsp3) is 0.571. The second-order valence-electron chi connectivity index (χ2n) is 4.71. The SMILES string of the molecule is CN=C(NCCCCSC)NCCNS(=O)(=O)c1cccnc1. The summed E-state index contributed by atoms with van der Waals surface area (Å²) >= 11 is 1.84. The van der Waals surface area contributed by atoms with E-state index >= 15 is 0 Å². The van der Waals surface area contributed by atoms with Crippen molar-refractivity contribution in [1.82, 2.24) is 20.3 Å². The molecule has 0 radical (unpaired) electrons. The smallest absolute Gasteiger partial charge is 0.242 e. The van der Waals surface area contributed by atoms with Crippen molar-refractivity contribution >= 4 is 27.7 Å². The van der Waals surface area contributed by atoms with Crippen LogP contribution in [0.25, 0.3) is 0 Å². The van der Waals surface area contributed by atoms with Gasteiger partial charge in [-0.1, -0.05) is 0 Å². The largest absolute Gasteiger partial charge is 0.356 e. The van der Waals surface area contributed by atoms with Crippen LogP contribution in [-0.4, -0.2) is 58.1 Å². The van der Waals surface area contributed by atoms with Crippen molar-refractivity contribution in [3.05, 3.63) is 24.5 Å². The lowest BCUT2D eigenvalue weighted by Gasteiger charge is -2.12. The summed E-state index contributed by atoms with van der Waals surface area (Å²) in [6.07, 6.45) is 7.20. The van der Waals surface area contributed by atoms with Gasteiger partial charge in [0.15, 0.2) is 5.96 Å². The third-order valence-electron chi connectivity index (χ3n) is 2.95. The molecule has 0 atom stereocenters. The molecule has 0 spiro atoms. The molecule has 1 heterocycles. The molecule has 9 heteroatoms. The molecule has 1 aromatic heterocycles. The topological polar surface area (TPSA) is 95.5 Å². The van der Waals surface area contributed by atoms with E-state index in [9.17, 15) is 8.42 Å². The van der Waals surface area contributed by atoms with Crippen LogP contribution >= 0.6 is 11.8 Å². The van der Waals surface area contributed by atoms with E-state index < -0.39 is 10.0 Å². The number of nitrogens with one attached hydrogen (secondary N) is 3. The third kappa shape index (κ3) is 8.19. The highest BCUT2D eigenvalue weighted by atomic mass is 32.2. The van der Waals surface area contributed by atoms with Gasteiger partial charge >= 0.3 is 0 Å². The summed E-state index contributed by atoms with van der Waals surface area (Å²) in [5.41, 5.74) is 0. The van der Waals surface area contributed by atoms with E-state index in [0.717, 1.165) is 25.1 Å². The molecule has 0 aliphatic rings. The van der Waals surface area contributed by atoms with Crippen LogP contribution in [0.4, 0.5) is 0 Å². The zero-order valence-corrected chi connectivity index (χ0v) is 15.2. The van der Waals surface area contributed by atoms with Crippen LogP contribution < -0.4 is 15.4 Å². The standard InChI is InChI=1S/C14H25N5O2S2/c1-15-14(17-8-3-4-11-22-2)18-9-10-19-23(20,21)13-6-5-7-16-12-13/h5-7,12,19H,3-4,8-11H2,1-2H3,(H2,15,17,18). The molecule has 130 valence electrons. The number of hydrogen-bond donors (Lipinski definition) is 3. The van der Waals surface area contributed by atoms with Crippen LogP contribution in [-0.2, 0) is 10.0 Å². The van der Waals surface area contributed by atoms with Gasteiger partial charge in [0, 0.05) is 39.1 Å². The van der Waals surface area contributed by atoms with Crippen LogP contribution in [0.1, 0.15) is 12.8 Å². The second-order valence-corrected chi connectivity index (χ2v) is 7.46. The van der Waals surface area contributed by atoms with Gasteiger partial charge in [-0.25, -0.2) is 13.1 Å². The summed E-state index contributed by atoms with van der Waals surface area (Å²) in [7, 11) is -1.82. The van der Waals surface area contributed by atoms with Crippen molar-refractivity contribution in [2.75, 3.05) is 38.7 Å². The Morgan fingerprint density at radius 2 is 2.04 bits per heavy atom. The minimum atomic E-state index is -3.51. The number of aromatic nitrogens is 1. The van der Waals surface area contributed by atoms with Gasteiger partial charge in [0.25, 0.3) is 0 Å². The Kier molecular flexibility index (Phi) is 9.65. The van der Waals surface area contributed by atoms with Crippen LogP contribution in [0.3, 0.4) is 0 Å². The highest BCUT2D eigenvalue weighted by Crippen LogP contribution is 2.04. The Morgan fingerprint density at radius 1 is 1.26 bits per heavy atom. The van der Waals surface area contributed by atoms with E-state index in [1.807, 2.05) is 11.8 Å². The van der Waals surface area contributed by atoms with Crippen molar-refractivity contribution < 1.29 is 8.42 Å². The van der Waals surface area contributed by atoms with E-state index in [0.29, 0.717) is 12.5 Å². The maximum Gasteiger partial charge on any atom is 0.242 e. The lowest BCUT2D eigenvalue weighted by molar-refractivity contribution is 0.580. The average Bonchev–Trinajstić information content (AvgIpc) is 2.57. The fourth-order valence-corrected chi connectivity index (χ4v) is 3.24. The zero-order valence-electron chi connectivity index (χ0n) is 13.6. The number of rotatable bonds is 10. The summed E-state index contributed by atoms with van der Waals surface area (Å²) in [5.74, 6) is 1.83. The van der Waals surface area contributed by atoms with Crippen molar-refractivity contribution in [2.24, 2.45) is 4.99 Å². The molecule has 0 fully saturated rings. The highest BCUT2D eigenvalue weighted by Gasteiger charge is 2.12. The minimum absolute atomic E-state index is 0.163. The van der Waals surface area contributed by atoms with Gasteiger partial charge in [-0.3, -0.25) is 9.98 Å². The van der Waals surface area contributed by atoms with Crippen molar-refractivity contribution in [1.29, 1.82) is 0 Å². The predicted molar refractivity (Wildman–Crippen MR) is 96.4 cm³/mol. The van der Waals surface area contributed by atoms with E-state index in [4.69, 9.17) is 0 Å². The summed E-state index contributed by atoms with van der Waals surface area (Å²) in [6, 6.07) is 3.10. The molecule has 0 aliphatic heterocycles. The molecule has 3 N–H and O–H groups in total. The Morgan fingerprint density at radius 3 is 2.70 bits per heavy atom. The number of thioether (sulfide) groups is 1. The molecule has 0 saturated carbocycles. The quantitative estimate of drug-likeness (QED) is 0.323. The molecule has 0 aromatic carbocycles. The maximum atomic E-state index is 12.0. The highest BCUT2D eigenvalue weighted by molar-refractivity contribution is 7.98. The maximum absolute atomic E-state index is 12.0. The monoisotopic (exact) mass is 359 g/mol. The fourth-order valence-electron chi connectivity index (χ4n) is 1.75. The van der Waals surface area contributed by atoms with E-state index in [1.54, 1.807) is 13.1 Å². The first-order chi connectivity index (χ1) is 11.1. The molecule has 0 saturated heterocycles. The van der Waals surface area contributed by atoms with Gasteiger partial charge in [0.05, 0.1) is 0 Å². The van der Waals surface area contributed by atoms with E-state index in [1.165, 1.54) is 18.5 Å². The lowest BCUT2D eigenvalue weighted by Crippen LogP contribution is -2.41. The van der Waals surface area contributed by atoms with E-state index in [-0.39, 0.29) is 11.4 Å². The van der Waals surface area contributed by atoms with Crippen LogP contribution in [0, 0.1) is 0 Å². The molecular weight excluding hydrogens is 334 g/mol. The molecule has 1 aromatic rings. The minimum Gasteiger partial charge on any atom is -0.356 e. The van der Waals surface area contributed by atoms with Gasteiger partial charge in [0.1, 0.15) is 4.90 Å². The number of aliphatic imine (C=N–C) groups is 1. The Balaban J connectivity index is 2.25. The zero-order chi connectivity index (χ0) is 17.0. The summed E-state index contributed by atoms with van der Waals surface area (Å²) in [4.78, 5) is 8.07. The average molecular weight is 360 g/mol. The van der Waals surface area contributed by atoms with Crippen LogP contribution in [0.5, 0.6) is 0 Å². The van der Waals surface area contributed by atoms with Gasteiger partial charge in [-0.05, 0) is 37.0 Å². The van der Waals surface area contributed by atoms with Crippen molar-refractivity contribution in [2.45, 2.75) is 17.7 Å². The number of pyridine rings is 1. The van der Waals surface area contributed by atoms with Gasteiger partial charge in [-0.15, -0.1) is 0 Å². The molecule has 1 rings (SSSR count). The number of sulfonamides is 1. The lowest BCUT2D eigenvalue weighted by atomic mass is 10.3. The number of nitrogens with zero attached hydrogens (tertiary/aromatic N) is 2. The Hall–Kier alpha value is -1.32. The van der Waals surface area contributed by atoms with E-state index in [2.05, 4.69) is 31.6 Å². The van der Waals surface area contributed by atoms with Crippen LogP contribution in [0.15, 0.2) is 34.4 Å². The number of hydrogen-bond acceptors (Lipinski definition) is 5. The summed E-state index contributed by atoms with van der Waals surface area (Å²) in [6.45, 7) is 1.57. The molecule has 0 amide bonds. The Bertz CT molecular complexity index is 564. The number of unbranched alkanes of at least 4 members (excludes halogenated alkanes) is 1. The Labute approximate surface area is 142 Å². The summed E-state index contributed by atoms with van der Waals surface area (Å²) < 4.78 is 26.5. The first-order valence-electron chi connectivity index (χ1n) is 7.43. The molecule has 0 bridgehead atoms. The summed E-state index contributed by atoms with van der Waals surface area (Å²) in [5, 5.41) is 6.28. The van der Waals surface area contributed by atoms with Gasteiger partial charge in [-0.2, -0.15) is 11.8 Å². The molecule has 0 aliphatic carbocycles. The second kappa shape index (κ2) is 11.3. The normalized spacial score (nSPS) is 12.2. The van der Waals surface area contributed by atoms with Gasteiger partial charge in [0.2, 0.25) is 10.0 Å². The first-order valence-corrected chi connectivity index (χ1v) is 10.3.